The molecule has 0 aliphatic carbocycles. The Morgan fingerprint density at radius 3 is 2.50 bits per heavy atom. The van der Waals surface area contributed by atoms with Crippen molar-refractivity contribution in [1.29, 1.82) is 0 Å². The third-order valence-corrected chi connectivity index (χ3v) is 3.02. The lowest BCUT2D eigenvalue weighted by molar-refractivity contribution is 0.282. The summed E-state index contributed by atoms with van der Waals surface area (Å²) in [6, 6.07) is 13.8. The standard InChI is InChI=1S/C14H13ClO/c1-10-7-13(5-6-14(10)15)12-4-2-3-11(8-12)9-16/h2-8,16H,9H2,1H3. The zero-order valence-electron chi connectivity index (χ0n) is 9.07. The molecule has 2 aromatic carbocycles. The minimum atomic E-state index is 0.0699. The van der Waals surface area contributed by atoms with E-state index in [0.29, 0.717) is 0 Å². The highest BCUT2D eigenvalue weighted by molar-refractivity contribution is 6.31. The second-order valence-electron chi connectivity index (χ2n) is 3.82. The maximum absolute atomic E-state index is 9.09. The third kappa shape index (κ3) is 2.26. The smallest absolute Gasteiger partial charge is 0.0682 e. The summed E-state index contributed by atoms with van der Waals surface area (Å²) in [5.74, 6) is 0. The van der Waals surface area contributed by atoms with Gasteiger partial charge in [-0.05, 0) is 47.4 Å². The number of halogens is 1. The second-order valence-corrected chi connectivity index (χ2v) is 4.23. The molecule has 0 heterocycles. The lowest BCUT2D eigenvalue weighted by Crippen LogP contribution is -1.85. The van der Waals surface area contributed by atoms with E-state index in [1.807, 2.05) is 43.3 Å². The van der Waals surface area contributed by atoms with Crippen molar-refractivity contribution in [2.24, 2.45) is 0 Å². The van der Waals surface area contributed by atoms with Crippen molar-refractivity contribution in [2.75, 3.05) is 0 Å². The van der Waals surface area contributed by atoms with Crippen molar-refractivity contribution in [1.82, 2.24) is 0 Å². The van der Waals surface area contributed by atoms with E-state index in [1.165, 1.54) is 0 Å². The van der Waals surface area contributed by atoms with Crippen LogP contribution in [0.3, 0.4) is 0 Å². The minimum Gasteiger partial charge on any atom is -0.392 e. The van der Waals surface area contributed by atoms with Crippen LogP contribution in [-0.4, -0.2) is 5.11 Å². The van der Waals surface area contributed by atoms with Crippen LogP contribution in [-0.2, 0) is 6.61 Å². The van der Waals surface area contributed by atoms with E-state index in [1.54, 1.807) is 0 Å². The van der Waals surface area contributed by atoms with Crippen molar-refractivity contribution in [2.45, 2.75) is 13.5 Å². The molecular weight excluding hydrogens is 220 g/mol. The van der Waals surface area contributed by atoms with Crippen LogP contribution in [0.15, 0.2) is 42.5 Å². The summed E-state index contributed by atoms with van der Waals surface area (Å²) >= 11 is 5.99. The topological polar surface area (TPSA) is 20.2 Å². The summed E-state index contributed by atoms with van der Waals surface area (Å²) in [5.41, 5.74) is 4.21. The fraction of sp³-hybridized carbons (Fsp3) is 0.143. The number of rotatable bonds is 2. The first-order valence-electron chi connectivity index (χ1n) is 5.17. The van der Waals surface area contributed by atoms with Gasteiger partial charge in [-0.15, -0.1) is 0 Å². The van der Waals surface area contributed by atoms with Gasteiger partial charge in [-0.2, -0.15) is 0 Å². The quantitative estimate of drug-likeness (QED) is 0.835. The molecule has 0 fully saturated rings. The Labute approximate surface area is 100 Å². The van der Waals surface area contributed by atoms with E-state index in [4.69, 9.17) is 16.7 Å². The molecule has 0 radical (unpaired) electrons. The molecule has 82 valence electrons. The van der Waals surface area contributed by atoms with E-state index in [2.05, 4.69) is 6.07 Å². The molecule has 0 amide bonds. The Hall–Kier alpha value is -1.31. The van der Waals surface area contributed by atoms with Crippen LogP contribution < -0.4 is 0 Å². The van der Waals surface area contributed by atoms with Crippen molar-refractivity contribution in [3.05, 3.63) is 58.6 Å². The molecule has 0 aromatic heterocycles. The number of aliphatic hydroxyl groups is 1. The highest BCUT2D eigenvalue weighted by Gasteiger charge is 2.01. The van der Waals surface area contributed by atoms with Crippen LogP contribution in [0, 0.1) is 6.92 Å². The zero-order valence-corrected chi connectivity index (χ0v) is 9.83. The van der Waals surface area contributed by atoms with Gasteiger partial charge in [0.2, 0.25) is 0 Å². The van der Waals surface area contributed by atoms with Gasteiger partial charge >= 0.3 is 0 Å². The average Bonchev–Trinajstić information content (AvgIpc) is 2.33. The number of benzene rings is 2. The monoisotopic (exact) mass is 232 g/mol. The lowest BCUT2D eigenvalue weighted by atomic mass is 10.0. The van der Waals surface area contributed by atoms with Crippen molar-refractivity contribution in [3.63, 3.8) is 0 Å². The molecule has 2 aromatic rings. The normalized spacial score (nSPS) is 10.4. The van der Waals surface area contributed by atoms with Gasteiger partial charge in [0.1, 0.15) is 0 Å². The van der Waals surface area contributed by atoms with Crippen LogP contribution in [0.5, 0.6) is 0 Å². The SMILES string of the molecule is Cc1cc(-c2cccc(CO)c2)ccc1Cl. The summed E-state index contributed by atoms with van der Waals surface area (Å²) in [5, 5.41) is 9.87. The molecule has 1 nitrogen and oxygen atoms in total. The van der Waals surface area contributed by atoms with Crippen molar-refractivity contribution in [3.8, 4) is 11.1 Å². The zero-order chi connectivity index (χ0) is 11.5. The van der Waals surface area contributed by atoms with Gasteiger partial charge < -0.3 is 5.11 Å². The predicted molar refractivity (Wildman–Crippen MR) is 67.5 cm³/mol. The van der Waals surface area contributed by atoms with Gasteiger partial charge in [-0.3, -0.25) is 0 Å². The molecule has 2 rings (SSSR count). The van der Waals surface area contributed by atoms with Crippen LogP contribution in [0.25, 0.3) is 11.1 Å². The molecule has 0 bridgehead atoms. The van der Waals surface area contributed by atoms with E-state index >= 15 is 0 Å². The average molecular weight is 233 g/mol. The largest absolute Gasteiger partial charge is 0.392 e. The Morgan fingerprint density at radius 2 is 1.81 bits per heavy atom. The number of hydrogen-bond acceptors (Lipinski definition) is 1. The van der Waals surface area contributed by atoms with E-state index in [9.17, 15) is 0 Å². The minimum absolute atomic E-state index is 0.0699. The molecule has 0 spiro atoms. The van der Waals surface area contributed by atoms with Gasteiger partial charge in [0.25, 0.3) is 0 Å². The molecule has 0 aliphatic heterocycles. The van der Waals surface area contributed by atoms with E-state index in [-0.39, 0.29) is 6.61 Å². The van der Waals surface area contributed by atoms with E-state index in [0.717, 1.165) is 27.3 Å². The number of hydrogen-bond donors (Lipinski definition) is 1. The molecule has 2 heteroatoms. The Morgan fingerprint density at radius 1 is 1.06 bits per heavy atom. The molecule has 0 unspecified atom stereocenters. The molecule has 16 heavy (non-hydrogen) atoms. The van der Waals surface area contributed by atoms with Gasteiger partial charge in [0.05, 0.1) is 6.61 Å². The van der Waals surface area contributed by atoms with Crippen molar-refractivity contribution >= 4 is 11.6 Å². The number of aliphatic hydroxyl groups excluding tert-OH is 1. The van der Waals surface area contributed by atoms with Gasteiger partial charge in [-0.25, -0.2) is 0 Å². The number of aryl methyl sites for hydroxylation is 1. The van der Waals surface area contributed by atoms with Gasteiger partial charge in [-0.1, -0.05) is 35.9 Å². The van der Waals surface area contributed by atoms with Crippen LogP contribution in [0.2, 0.25) is 5.02 Å². The lowest BCUT2D eigenvalue weighted by Gasteiger charge is -2.06. The Kier molecular flexibility index (Phi) is 3.28. The summed E-state index contributed by atoms with van der Waals surface area (Å²) in [6.45, 7) is 2.06. The summed E-state index contributed by atoms with van der Waals surface area (Å²) in [4.78, 5) is 0. The highest BCUT2D eigenvalue weighted by Crippen LogP contribution is 2.25. The predicted octanol–water partition coefficient (Wildman–Crippen LogP) is 3.81. The second kappa shape index (κ2) is 4.69. The van der Waals surface area contributed by atoms with Crippen LogP contribution >= 0.6 is 11.6 Å². The molecule has 0 aliphatic rings. The molecule has 0 saturated heterocycles. The fourth-order valence-corrected chi connectivity index (χ4v) is 1.79. The third-order valence-electron chi connectivity index (χ3n) is 2.60. The Balaban J connectivity index is 2.46. The highest BCUT2D eigenvalue weighted by atomic mass is 35.5. The first-order chi connectivity index (χ1) is 7.70. The molecule has 0 saturated carbocycles. The van der Waals surface area contributed by atoms with Crippen LogP contribution in [0.1, 0.15) is 11.1 Å². The summed E-state index contributed by atoms with van der Waals surface area (Å²) in [7, 11) is 0. The maximum atomic E-state index is 9.09. The summed E-state index contributed by atoms with van der Waals surface area (Å²) in [6.07, 6.45) is 0. The fourth-order valence-electron chi connectivity index (χ4n) is 1.67. The Bertz CT molecular complexity index is 506. The molecule has 1 N–H and O–H groups in total. The van der Waals surface area contributed by atoms with Gasteiger partial charge in [0.15, 0.2) is 0 Å². The summed E-state index contributed by atoms with van der Waals surface area (Å²) < 4.78 is 0. The van der Waals surface area contributed by atoms with Crippen LogP contribution in [0.4, 0.5) is 0 Å². The molecule has 0 atom stereocenters. The first kappa shape index (κ1) is 11.2. The molecular formula is C14H13ClO. The van der Waals surface area contributed by atoms with Gasteiger partial charge in [0, 0.05) is 5.02 Å². The van der Waals surface area contributed by atoms with E-state index < -0.39 is 0 Å². The maximum Gasteiger partial charge on any atom is 0.0682 e. The van der Waals surface area contributed by atoms with Crippen molar-refractivity contribution < 1.29 is 5.11 Å². The first-order valence-corrected chi connectivity index (χ1v) is 5.55.